The van der Waals surface area contributed by atoms with E-state index in [-0.39, 0.29) is 0 Å². The minimum Gasteiger partial charge on any atom is -0.396 e. The van der Waals surface area contributed by atoms with Crippen molar-refractivity contribution in [1.29, 1.82) is 0 Å². The van der Waals surface area contributed by atoms with Gasteiger partial charge in [0, 0.05) is 44.1 Å². The van der Waals surface area contributed by atoms with Crippen LogP contribution in [0, 0.1) is 5.92 Å². The van der Waals surface area contributed by atoms with Crippen molar-refractivity contribution in [1.82, 2.24) is 14.5 Å². The zero-order chi connectivity index (χ0) is 12.5. The normalized spacial score (nSPS) is 28.6. The zero-order valence-corrected chi connectivity index (χ0v) is 11.2. The summed E-state index contributed by atoms with van der Waals surface area (Å²) in [6, 6.07) is 0.676. The van der Waals surface area contributed by atoms with E-state index < -0.39 is 0 Å². The Balaban J connectivity index is 1.69. The summed E-state index contributed by atoms with van der Waals surface area (Å²) in [5.74, 6) is 1.64. The van der Waals surface area contributed by atoms with Crippen molar-refractivity contribution in [2.75, 3.05) is 20.2 Å². The number of likely N-dealkylation sites (N-methyl/N-ethyl adjacent to an activating group) is 1. The highest BCUT2D eigenvalue weighted by Crippen LogP contribution is 2.23. The van der Waals surface area contributed by atoms with Crippen LogP contribution in [-0.4, -0.2) is 45.8 Å². The maximum Gasteiger partial charge on any atom is 0.108 e. The van der Waals surface area contributed by atoms with Gasteiger partial charge >= 0.3 is 0 Å². The molecule has 1 N–H and O–H groups in total. The highest BCUT2D eigenvalue weighted by molar-refractivity contribution is 5.09. The van der Waals surface area contributed by atoms with E-state index in [2.05, 4.69) is 22.7 Å². The summed E-state index contributed by atoms with van der Waals surface area (Å²) in [4.78, 5) is 7.23. The van der Waals surface area contributed by atoms with Crippen LogP contribution in [0.1, 0.15) is 30.8 Å². The second kappa shape index (κ2) is 5.02. The minimum absolute atomic E-state index is 0.304. The Labute approximate surface area is 109 Å². The van der Waals surface area contributed by atoms with Crippen LogP contribution in [0.5, 0.6) is 0 Å². The predicted molar refractivity (Wildman–Crippen MR) is 70.5 cm³/mol. The molecule has 3 heterocycles. The van der Waals surface area contributed by atoms with Crippen molar-refractivity contribution in [2.24, 2.45) is 5.92 Å². The van der Waals surface area contributed by atoms with Crippen molar-refractivity contribution in [2.45, 2.75) is 44.7 Å². The van der Waals surface area contributed by atoms with E-state index in [0.717, 1.165) is 25.8 Å². The zero-order valence-electron chi connectivity index (χ0n) is 11.2. The lowest BCUT2D eigenvalue weighted by Crippen LogP contribution is -2.26. The van der Waals surface area contributed by atoms with Gasteiger partial charge in [-0.2, -0.15) is 0 Å². The van der Waals surface area contributed by atoms with E-state index in [1.807, 2.05) is 0 Å². The number of likely N-dealkylation sites (tertiary alicyclic amines) is 1. The molecule has 0 aliphatic carbocycles. The summed E-state index contributed by atoms with van der Waals surface area (Å²) in [7, 11) is 2.22. The van der Waals surface area contributed by atoms with Gasteiger partial charge in [-0.3, -0.25) is 0 Å². The molecule has 18 heavy (non-hydrogen) atoms. The molecular formula is C14H23N3O. The van der Waals surface area contributed by atoms with Gasteiger partial charge in [-0.25, -0.2) is 4.98 Å². The van der Waals surface area contributed by atoms with E-state index in [9.17, 15) is 5.11 Å². The number of imidazole rings is 1. The third-order valence-corrected chi connectivity index (χ3v) is 4.51. The lowest BCUT2D eigenvalue weighted by Gasteiger charge is -2.21. The standard InChI is InChI=1S/C14H23N3O/c1-16-6-2-3-13(16)7-12-9-17-8-11(10-18)4-5-14(17)15-12/h9,11,13,18H,2-8,10H2,1H3. The molecule has 2 unspecified atom stereocenters. The molecule has 2 aliphatic rings. The van der Waals surface area contributed by atoms with Crippen molar-refractivity contribution >= 4 is 0 Å². The number of aliphatic hydroxyl groups excluding tert-OH is 1. The second-order valence-corrected chi connectivity index (χ2v) is 5.87. The third kappa shape index (κ3) is 2.31. The van der Waals surface area contributed by atoms with Gasteiger partial charge in [-0.1, -0.05) is 0 Å². The van der Waals surface area contributed by atoms with Crippen molar-refractivity contribution in [3.63, 3.8) is 0 Å². The Morgan fingerprint density at radius 3 is 3.06 bits per heavy atom. The Hall–Kier alpha value is -0.870. The van der Waals surface area contributed by atoms with Crippen LogP contribution in [0.25, 0.3) is 0 Å². The highest BCUT2D eigenvalue weighted by Gasteiger charge is 2.24. The number of aromatic nitrogens is 2. The molecule has 0 saturated carbocycles. The molecule has 1 saturated heterocycles. The number of rotatable bonds is 3. The van der Waals surface area contributed by atoms with Crippen molar-refractivity contribution in [3.05, 3.63) is 17.7 Å². The van der Waals surface area contributed by atoms with Crippen LogP contribution in [0.4, 0.5) is 0 Å². The van der Waals surface area contributed by atoms with Crippen LogP contribution in [0.15, 0.2) is 6.20 Å². The number of nitrogens with zero attached hydrogens (tertiary/aromatic N) is 3. The maximum absolute atomic E-state index is 9.25. The van der Waals surface area contributed by atoms with Crippen LogP contribution < -0.4 is 0 Å². The molecular weight excluding hydrogens is 226 g/mol. The molecule has 4 heteroatoms. The maximum atomic E-state index is 9.25. The quantitative estimate of drug-likeness (QED) is 0.871. The fraction of sp³-hybridized carbons (Fsp3) is 0.786. The first-order valence-corrected chi connectivity index (χ1v) is 7.12. The highest BCUT2D eigenvalue weighted by atomic mass is 16.3. The summed E-state index contributed by atoms with van der Waals surface area (Å²) in [5.41, 5.74) is 1.24. The summed E-state index contributed by atoms with van der Waals surface area (Å²) in [6.07, 6.45) is 8.02. The molecule has 3 rings (SSSR count). The number of hydrogen-bond donors (Lipinski definition) is 1. The molecule has 2 atom stereocenters. The summed E-state index contributed by atoms with van der Waals surface area (Å²) in [5, 5.41) is 9.25. The summed E-state index contributed by atoms with van der Waals surface area (Å²) >= 11 is 0. The van der Waals surface area contributed by atoms with Gasteiger partial charge < -0.3 is 14.6 Å². The molecule has 4 nitrogen and oxygen atoms in total. The van der Waals surface area contributed by atoms with Gasteiger partial charge in [0.2, 0.25) is 0 Å². The molecule has 0 aromatic carbocycles. The average molecular weight is 249 g/mol. The average Bonchev–Trinajstić information content (AvgIpc) is 2.95. The minimum atomic E-state index is 0.304. The van der Waals surface area contributed by atoms with E-state index in [4.69, 9.17) is 4.98 Å². The Bertz CT molecular complexity index is 415. The van der Waals surface area contributed by atoms with Gasteiger partial charge in [0.25, 0.3) is 0 Å². The Kier molecular flexibility index (Phi) is 3.39. The van der Waals surface area contributed by atoms with E-state index in [1.54, 1.807) is 0 Å². The largest absolute Gasteiger partial charge is 0.396 e. The Morgan fingerprint density at radius 2 is 2.33 bits per heavy atom. The van der Waals surface area contributed by atoms with Crippen LogP contribution in [0.2, 0.25) is 0 Å². The Morgan fingerprint density at radius 1 is 1.44 bits per heavy atom. The first-order valence-electron chi connectivity index (χ1n) is 7.12. The number of fused-ring (bicyclic) bond motifs is 1. The molecule has 0 spiro atoms. The van der Waals surface area contributed by atoms with Gasteiger partial charge in [-0.05, 0) is 32.9 Å². The fourth-order valence-corrected chi connectivity index (χ4v) is 3.30. The second-order valence-electron chi connectivity index (χ2n) is 5.87. The molecule has 0 amide bonds. The van der Waals surface area contributed by atoms with Gasteiger partial charge in [0.05, 0.1) is 5.69 Å². The predicted octanol–water partition coefficient (Wildman–Crippen LogP) is 1.07. The number of aryl methyl sites for hydroxylation is 1. The number of hydrogen-bond acceptors (Lipinski definition) is 3. The monoisotopic (exact) mass is 249 g/mol. The van der Waals surface area contributed by atoms with Gasteiger partial charge in [0.15, 0.2) is 0 Å². The summed E-state index contributed by atoms with van der Waals surface area (Å²) < 4.78 is 2.26. The van der Waals surface area contributed by atoms with E-state index in [1.165, 1.54) is 30.9 Å². The lowest BCUT2D eigenvalue weighted by molar-refractivity contribution is 0.190. The summed E-state index contributed by atoms with van der Waals surface area (Å²) in [6.45, 7) is 2.47. The van der Waals surface area contributed by atoms with Crippen molar-refractivity contribution < 1.29 is 5.11 Å². The molecule has 1 aromatic rings. The van der Waals surface area contributed by atoms with Crippen LogP contribution >= 0.6 is 0 Å². The van der Waals surface area contributed by atoms with Gasteiger partial charge in [0.1, 0.15) is 5.82 Å². The number of aliphatic hydroxyl groups is 1. The molecule has 1 aromatic heterocycles. The topological polar surface area (TPSA) is 41.3 Å². The first kappa shape index (κ1) is 12.2. The van der Waals surface area contributed by atoms with Gasteiger partial charge in [-0.15, -0.1) is 0 Å². The van der Waals surface area contributed by atoms with E-state index >= 15 is 0 Å². The molecule has 100 valence electrons. The van der Waals surface area contributed by atoms with Crippen molar-refractivity contribution in [3.8, 4) is 0 Å². The smallest absolute Gasteiger partial charge is 0.108 e. The molecule has 0 bridgehead atoms. The van der Waals surface area contributed by atoms with Crippen LogP contribution in [0.3, 0.4) is 0 Å². The van der Waals surface area contributed by atoms with E-state index in [0.29, 0.717) is 18.6 Å². The third-order valence-electron chi connectivity index (χ3n) is 4.51. The lowest BCUT2D eigenvalue weighted by atomic mass is 10.0. The fourth-order valence-electron chi connectivity index (χ4n) is 3.30. The molecule has 2 aliphatic heterocycles. The SMILES string of the molecule is CN1CCCC1Cc1cn2c(n1)CCC(CO)C2. The van der Waals surface area contributed by atoms with Crippen LogP contribution in [-0.2, 0) is 19.4 Å². The molecule has 1 fully saturated rings. The molecule has 0 radical (unpaired) electrons. The first-order chi connectivity index (χ1) is 8.76.